The second kappa shape index (κ2) is 7.65. The molecule has 0 aromatic heterocycles. The molecule has 0 saturated heterocycles. The molecule has 0 unspecified atom stereocenters. The van der Waals surface area contributed by atoms with Crippen LogP contribution in [-0.2, 0) is 4.79 Å². The van der Waals surface area contributed by atoms with E-state index in [0.29, 0.717) is 5.76 Å². The van der Waals surface area contributed by atoms with Crippen LogP contribution in [0.25, 0.3) is 0 Å². The first-order valence-corrected chi connectivity index (χ1v) is 4.70. The summed E-state index contributed by atoms with van der Waals surface area (Å²) < 4.78 is 0. The predicted octanol–water partition coefficient (Wildman–Crippen LogP) is 2.87. The Kier molecular flexibility index (Phi) is 7.07. The van der Waals surface area contributed by atoms with E-state index in [1.807, 2.05) is 6.08 Å². The highest BCUT2D eigenvalue weighted by Crippen LogP contribution is 2.14. The molecule has 1 aliphatic carbocycles. The van der Waals surface area contributed by atoms with E-state index in [1.165, 1.54) is 25.7 Å². The summed E-state index contributed by atoms with van der Waals surface area (Å²) in [5.41, 5.74) is 0. The average molecular weight is 186 g/mol. The van der Waals surface area contributed by atoms with Crippen molar-refractivity contribution in [3.63, 3.8) is 0 Å². The van der Waals surface area contributed by atoms with E-state index < -0.39 is 5.97 Å². The van der Waals surface area contributed by atoms with Crippen molar-refractivity contribution in [2.45, 2.75) is 45.4 Å². The van der Waals surface area contributed by atoms with Gasteiger partial charge in [-0.1, -0.05) is 12.8 Å². The van der Waals surface area contributed by atoms with Gasteiger partial charge in [0.05, 0.1) is 5.76 Å². The first kappa shape index (κ1) is 12.0. The molecule has 0 bridgehead atoms. The van der Waals surface area contributed by atoms with Crippen molar-refractivity contribution in [2.24, 2.45) is 0 Å². The summed E-state index contributed by atoms with van der Waals surface area (Å²) in [6, 6.07) is 0. The number of aliphatic hydroxyl groups is 1. The van der Waals surface area contributed by atoms with Crippen LogP contribution in [0.5, 0.6) is 0 Å². The zero-order valence-electron chi connectivity index (χ0n) is 8.12. The molecule has 0 radical (unpaired) electrons. The monoisotopic (exact) mass is 186 g/mol. The molecule has 0 aliphatic heterocycles. The smallest absolute Gasteiger partial charge is 0.300 e. The zero-order valence-corrected chi connectivity index (χ0v) is 8.12. The van der Waals surface area contributed by atoms with E-state index in [-0.39, 0.29) is 0 Å². The third-order valence-electron chi connectivity index (χ3n) is 1.77. The Morgan fingerprint density at radius 2 is 1.85 bits per heavy atom. The Labute approximate surface area is 79.1 Å². The quantitative estimate of drug-likeness (QED) is 0.611. The molecule has 3 nitrogen and oxygen atoms in total. The van der Waals surface area contributed by atoms with Crippen molar-refractivity contribution in [1.29, 1.82) is 0 Å². The van der Waals surface area contributed by atoms with Gasteiger partial charge >= 0.3 is 0 Å². The van der Waals surface area contributed by atoms with Gasteiger partial charge in [-0.15, -0.1) is 0 Å². The van der Waals surface area contributed by atoms with Crippen LogP contribution in [0.15, 0.2) is 11.8 Å². The van der Waals surface area contributed by atoms with E-state index >= 15 is 0 Å². The number of hydrogen-bond donors (Lipinski definition) is 2. The van der Waals surface area contributed by atoms with Gasteiger partial charge in [0.2, 0.25) is 0 Å². The lowest BCUT2D eigenvalue weighted by atomic mass is 10.1. The first-order chi connectivity index (χ1) is 6.13. The number of carbonyl (C=O) groups is 1. The number of hydrogen-bond acceptors (Lipinski definition) is 2. The molecule has 1 aliphatic rings. The lowest BCUT2D eigenvalue weighted by Gasteiger charge is -2.04. The van der Waals surface area contributed by atoms with E-state index in [9.17, 15) is 0 Å². The fraction of sp³-hybridized carbons (Fsp3) is 0.700. The SMILES string of the molecule is CC(=O)O.O/C1=C/CCCCCC1. The summed E-state index contributed by atoms with van der Waals surface area (Å²) in [4.78, 5) is 9.00. The Bertz CT molecular complexity index is 169. The third kappa shape index (κ3) is 11.0. The molecule has 0 saturated carbocycles. The summed E-state index contributed by atoms with van der Waals surface area (Å²) in [6.45, 7) is 1.08. The Morgan fingerprint density at radius 1 is 1.31 bits per heavy atom. The van der Waals surface area contributed by atoms with Crippen LogP contribution >= 0.6 is 0 Å². The zero-order chi connectivity index (χ0) is 10.1. The van der Waals surface area contributed by atoms with Crippen LogP contribution in [0.2, 0.25) is 0 Å². The van der Waals surface area contributed by atoms with Crippen molar-refractivity contribution in [1.82, 2.24) is 0 Å². The molecule has 0 aromatic rings. The maximum absolute atomic E-state index is 9.08. The number of aliphatic hydroxyl groups excluding tert-OH is 1. The average Bonchev–Trinajstić information content (AvgIpc) is 1.95. The normalized spacial score (nSPS) is 21.2. The van der Waals surface area contributed by atoms with Gasteiger partial charge in [-0.3, -0.25) is 4.79 Å². The molecular formula is C10H18O3. The van der Waals surface area contributed by atoms with E-state index in [4.69, 9.17) is 15.0 Å². The molecule has 76 valence electrons. The number of carboxylic acids is 1. The van der Waals surface area contributed by atoms with Gasteiger partial charge in [0.15, 0.2) is 0 Å². The molecule has 0 heterocycles. The van der Waals surface area contributed by atoms with Gasteiger partial charge in [0.1, 0.15) is 0 Å². The van der Waals surface area contributed by atoms with Crippen molar-refractivity contribution in [3.05, 3.63) is 11.8 Å². The summed E-state index contributed by atoms with van der Waals surface area (Å²) in [7, 11) is 0. The minimum atomic E-state index is -0.833. The molecular weight excluding hydrogens is 168 g/mol. The van der Waals surface area contributed by atoms with Crippen molar-refractivity contribution in [2.75, 3.05) is 0 Å². The number of allylic oxidation sites excluding steroid dienone is 2. The standard InChI is InChI=1S/C8H14O.C2H4O2/c9-8-6-4-2-1-3-5-7-8;1-2(3)4/h6,9H,1-5,7H2;1H3,(H,3,4)/b8-6+;. The van der Waals surface area contributed by atoms with Crippen LogP contribution in [0.4, 0.5) is 0 Å². The highest BCUT2D eigenvalue weighted by Gasteiger charge is 1.97. The Morgan fingerprint density at radius 3 is 2.46 bits per heavy atom. The number of carboxylic acid groups (broad SMARTS) is 1. The van der Waals surface area contributed by atoms with Gasteiger partial charge in [-0.25, -0.2) is 0 Å². The minimum Gasteiger partial charge on any atom is -0.513 e. The van der Waals surface area contributed by atoms with Crippen molar-refractivity contribution in [3.8, 4) is 0 Å². The lowest BCUT2D eigenvalue weighted by Crippen LogP contribution is -1.87. The van der Waals surface area contributed by atoms with E-state index in [1.54, 1.807) is 0 Å². The van der Waals surface area contributed by atoms with E-state index in [2.05, 4.69) is 0 Å². The fourth-order valence-corrected chi connectivity index (χ4v) is 1.17. The highest BCUT2D eigenvalue weighted by atomic mass is 16.4. The van der Waals surface area contributed by atoms with Gasteiger partial charge < -0.3 is 10.2 Å². The molecule has 0 spiro atoms. The maximum atomic E-state index is 9.08. The van der Waals surface area contributed by atoms with E-state index in [0.717, 1.165) is 19.8 Å². The minimum absolute atomic E-state index is 0.606. The van der Waals surface area contributed by atoms with Gasteiger partial charge in [0.25, 0.3) is 5.97 Å². The summed E-state index contributed by atoms with van der Waals surface area (Å²) in [6.07, 6.45) is 8.99. The highest BCUT2D eigenvalue weighted by molar-refractivity contribution is 5.62. The molecule has 0 fully saturated rings. The second-order valence-corrected chi connectivity index (χ2v) is 3.17. The van der Waals surface area contributed by atoms with Gasteiger partial charge in [-0.05, 0) is 25.3 Å². The maximum Gasteiger partial charge on any atom is 0.300 e. The second-order valence-electron chi connectivity index (χ2n) is 3.17. The number of rotatable bonds is 0. The lowest BCUT2D eigenvalue weighted by molar-refractivity contribution is -0.134. The molecule has 0 atom stereocenters. The first-order valence-electron chi connectivity index (χ1n) is 4.70. The molecule has 3 heteroatoms. The van der Waals surface area contributed by atoms with Crippen LogP contribution < -0.4 is 0 Å². The topological polar surface area (TPSA) is 57.5 Å². The predicted molar refractivity (Wildman–Crippen MR) is 51.7 cm³/mol. The van der Waals surface area contributed by atoms with Crippen molar-refractivity contribution < 1.29 is 15.0 Å². The van der Waals surface area contributed by atoms with Crippen molar-refractivity contribution >= 4 is 5.97 Å². The van der Waals surface area contributed by atoms with Crippen LogP contribution in [0, 0.1) is 0 Å². The largest absolute Gasteiger partial charge is 0.513 e. The molecule has 13 heavy (non-hydrogen) atoms. The number of aliphatic carboxylic acids is 1. The Hall–Kier alpha value is -0.990. The van der Waals surface area contributed by atoms with Crippen LogP contribution in [0.1, 0.15) is 45.4 Å². The van der Waals surface area contributed by atoms with Crippen LogP contribution in [0.3, 0.4) is 0 Å². The molecule has 0 amide bonds. The van der Waals surface area contributed by atoms with Gasteiger partial charge in [0, 0.05) is 13.3 Å². The molecule has 2 N–H and O–H groups in total. The third-order valence-corrected chi connectivity index (χ3v) is 1.77. The summed E-state index contributed by atoms with van der Waals surface area (Å²) >= 11 is 0. The van der Waals surface area contributed by atoms with Crippen LogP contribution in [-0.4, -0.2) is 16.2 Å². The summed E-state index contributed by atoms with van der Waals surface area (Å²) in [5.74, 6) is -0.227. The Balaban J connectivity index is 0.000000310. The fourth-order valence-electron chi connectivity index (χ4n) is 1.17. The summed E-state index contributed by atoms with van der Waals surface area (Å²) in [5, 5.41) is 16.5. The van der Waals surface area contributed by atoms with Gasteiger partial charge in [-0.2, -0.15) is 0 Å². The molecule has 1 rings (SSSR count). The molecule has 0 aromatic carbocycles.